The fourth-order valence-corrected chi connectivity index (χ4v) is 5.02. The second kappa shape index (κ2) is 10.5. The average molecular weight is 563 g/mol. The highest BCUT2D eigenvalue weighted by Gasteiger charge is 2.33. The summed E-state index contributed by atoms with van der Waals surface area (Å²) < 4.78 is 17.9. The summed E-state index contributed by atoms with van der Waals surface area (Å²) in [4.78, 5) is 4.20. The van der Waals surface area contributed by atoms with E-state index >= 15 is 0 Å². The molecule has 1 saturated carbocycles. The minimum atomic E-state index is -1.67. The topological polar surface area (TPSA) is 97.8 Å². The summed E-state index contributed by atoms with van der Waals surface area (Å²) in [5.74, 6) is 2.74. The summed E-state index contributed by atoms with van der Waals surface area (Å²) in [7, 11) is 0. The summed E-state index contributed by atoms with van der Waals surface area (Å²) in [5, 5.41) is 26.1. The van der Waals surface area contributed by atoms with E-state index in [1.165, 1.54) is 0 Å². The van der Waals surface area contributed by atoms with Crippen LogP contribution in [0.25, 0.3) is 22.0 Å². The molecule has 0 unspecified atom stereocenters. The molecular weight excluding hydrogens is 539 g/mol. The first-order valence-electron chi connectivity index (χ1n) is 12.5. The molecule has 0 bridgehead atoms. The van der Waals surface area contributed by atoms with Gasteiger partial charge in [-0.05, 0) is 73.0 Å². The van der Waals surface area contributed by atoms with Crippen LogP contribution < -0.4 is 9.47 Å². The van der Waals surface area contributed by atoms with Gasteiger partial charge in [0.15, 0.2) is 6.29 Å². The zero-order chi connectivity index (χ0) is 27.1. The van der Waals surface area contributed by atoms with Crippen molar-refractivity contribution in [3.05, 3.63) is 99.4 Å². The highest BCUT2D eigenvalue weighted by molar-refractivity contribution is 6.39. The van der Waals surface area contributed by atoms with Crippen molar-refractivity contribution < 1.29 is 24.2 Å². The van der Waals surface area contributed by atoms with Crippen LogP contribution in [0.3, 0.4) is 0 Å². The van der Waals surface area contributed by atoms with Crippen molar-refractivity contribution in [1.29, 1.82) is 0 Å². The first-order valence-corrected chi connectivity index (χ1v) is 13.2. The summed E-state index contributed by atoms with van der Waals surface area (Å²) in [6.07, 6.45) is 0.440. The first kappa shape index (κ1) is 25.6. The van der Waals surface area contributed by atoms with E-state index in [1.54, 1.807) is 30.3 Å². The predicted molar refractivity (Wildman–Crippen MR) is 148 cm³/mol. The maximum atomic E-state index is 9.42. The Bertz CT molecular complexity index is 1660. The monoisotopic (exact) mass is 562 g/mol. The zero-order valence-electron chi connectivity index (χ0n) is 20.9. The van der Waals surface area contributed by atoms with Gasteiger partial charge in [-0.3, -0.25) is 0 Å². The Balaban J connectivity index is 1.24. The molecular formula is C30H24Cl2N2O5. The van der Waals surface area contributed by atoms with Crippen LogP contribution in [0.5, 0.6) is 17.4 Å². The average Bonchev–Trinajstić information content (AvgIpc) is 3.68. The molecule has 2 aromatic heterocycles. The van der Waals surface area contributed by atoms with Crippen LogP contribution in [0.4, 0.5) is 0 Å². The van der Waals surface area contributed by atoms with Crippen LogP contribution in [-0.2, 0) is 6.61 Å². The number of pyridine rings is 1. The quantitative estimate of drug-likeness (QED) is 0.186. The minimum Gasteiger partial charge on any atom is -0.489 e. The molecule has 0 amide bonds. The number of halogens is 2. The van der Waals surface area contributed by atoms with Crippen molar-refractivity contribution in [3.63, 3.8) is 0 Å². The van der Waals surface area contributed by atoms with E-state index in [9.17, 15) is 10.2 Å². The largest absolute Gasteiger partial charge is 0.489 e. The molecule has 0 radical (unpaired) electrons. The molecule has 1 fully saturated rings. The third-order valence-corrected chi connectivity index (χ3v) is 7.31. The van der Waals surface area contributed by atoms with Gasteiger partial charge in [-0.25, -0.2) is 4.98 Å². The number of ether oxygens (including phenoxy) is 2. The molecule has 0 atom stereocenters. The summed E-state index contributed by atoms with van der Waals surface area (Å²) in [5.41, 5.74) is 3.01. The van der Waals surface area contributed by atoms with Crippen LogP contribution in [0, 0.1) is 6.92 Å². The number of hydrogen-bond donors (Lipinski definition) is 2. The molecule has 2 heterocycles. The maximum Gasteiger partial charge on any atom is 0.222 e. The lowest BCUT2D eigenvalue weighted by atomic mass is 10.0. The number of aliphatic hydroxyl groups is 2. The van der Waals surface area contributed by atoms with Gasteiger partial charge in [0.25, 0.3) is 0 Å². The molecule has 1 aliphatic rings. The van der Waals surface area contributed by atoms with Gasteiger partial charge in [-0.1, -0.05) is 52.6 Å². The molecule has 3 aromatic carbocycles. The van der Waals surface area contributed by atoms with Gasteiger partial charge in [-0.2, -0.15) is 0 Å². The molecule has 6 rings (SSSR count). The predicted octanol–water partition coefficient (Wildman–Crippen LogP) is 7.74. The van der Waals surface area contributed by atoms with Crippen molar-refractivity contribution in [2.45, 2.75) is 38.6 Å². The lowest BCUT2D eigenvalue weighted by molar-refractivity contribution is -0.0461. The minimum absolute atomic E-state index is 0.121. The normalized spacial score (nSPS) is 13.3. The Morgan fingerprint density at radius 1 is 0.949 bits per heavy atom. The fraction of sp³-hybridized carbons (Fsp3) is 0.200. The van der Waals surface area contributed by atoms with Crippen LogP contribution in [0.15, 0.2) is 71.3 Å². The van der Waals surface area contributed by atoms with Crippen molar-refractivity contribution in [2.24, 2.45) is 0 Å². The van der Waals surface area contributed by atoms with E-state index in [1.807, 2.05) is 43.3 Å². The van der Waals surface area contributed by atoms with Gasteiger partial charge < -0.3 is 24.2 Å². The van der Waals surface area contributed by atoms with E-state index < -0.39 is 6.29 Å². The van der Waals surface area contributed by atoms with Crippen molar-refractivity contribution in [1.82, 2.24) is 10.1 Å². The molecule has 0 aliphatic heterocycles. The van der Waals surface area contributed by atoms with Crippen molar-refractivity contribution in [3.8, 4) is 28.6 Å². The lowest BCUT2D eigenvalue weighted by Crippen LogP contribution is -2.01. The van der Waals surface area contributed by atoms with Gasteiger partial charge in [-0.15, -0.1) is 0 Å². The third-order valence-electron chi connectivity index (χ3n) is 6.68. The number of fused-ring (bicyclic) bond motifs is 1. The molecule has 39 heavy (non-hydrogen) atoms. The summed E-state index contributed by atoms with van der Waals surface area (Å²) in [6.45, 7) is 2.10. The van der Waals surface area contributed by atoms with Crippen molar-refractivity contribution in [2.75, 3.05) is 0 Å². The molecule has 2 N–H and O–H groups in total. The Hall–Kier alpha value is -3.62. The number of rotatable bonds is 8. The second-order valence-corrected chi connectivity index (χ2v) is 10.4. The molecule has 198 valence electrons. The zero-order valence-corrected chi connectivity index (χ0v) is 22.4. The van der Waals surface area contributed by atoms with Crippen LogP contribution >= 0.6 is 23.2 Å². The summed E-state index contributed by atoms with van der Waals surface area (Å²) >= 11 is 12.9. The standard InChI is InChI=1S/C30H24Cl2N2O5/c1-16-5-12-25(30(35)36)33-29(16)38-21-11-9-18-13-20(10-8-19(18)14-21)37-15-22-27(34-39-28(22)17-6-7-17)26-23(31)3-2-4-24(26)32/h2-5,8-14,17,30,35-36H,6-7,15H2,1H3. The van der Waals surface area contributed by atoms with Gasteiger partial charge >= 0.3 is 0 Å². The van der Waals surface area contributed by atoms with Gasteiger partial charge in [0.05, 0.1) is 21.3 Å². The molecule has 7 nitrogen and oxygen atoms in total. The van der Waals surface area contributed by atoms with Gasteiger partial charge in [0.2, 0.25) is 5.88 Å². The number of benzene rings is 3. The number of nitrogens with zero attached hydrogens (tertiary/aromatic N) is 2. The van der Waals surface area contributed by atoms with E-state index in [2.05, 4.69) is 10.1 Å². The highest BCUT2D eigenvalue weighted by Crippen LogP contribution is 2.46. The number of aryl methyl sites for hydroxylation is 1. The Morgan fingerprint density at radius 2 is 1.64 bits per heavy atom. The van der Waals surface area contributed by atoms with E-state index in [0.717, 1.165) is 40.5 Å². The summed E-state index contributed by atoms with van der Waals surface area (Å²) in [6, 6.07) is 20.1. The van der Waals surface area contributed by atoms with Crippen molar-refractivity contribution >= 4 is 34.0 Å². The van der Waals surface area contributed by atoms with Crippen LogP contribution in [0.1, 0.15) is 47.6 Å². The molecule has 0 spiro atoms. The fourth-order valence-electron chi connectivity index (χ4n) is 4.44. The Kier molecular flexibility index (Phi) is 6.91. The third kappa shape index (κ3) is 5.31. The smallest absolute Gasteiger partial charge is 0.222 e. The SMILES string of the molecule is Cc1ccc(C(O)O)nc1Oc1ccc2cc(OCc3c(-c4c(Cl)cccc4Cl)noc3C3CC3)ccc2c1. The highest BCUT2D eigenvalue weighted by atomic mass is 35.5. The van der Waals surface area contributed by atoms with Crippen LogP contribution in [0.2, 0.25) is 10.0 Å². The van der Waals surface area contributed by atoms with E-state index in [-0.39, 0.29) is 12.3 Å². The lowest BCUT2D eigenvalue weighted by Gasteiger charge is -2.12. The van der Waals surface area contributed by atoms with Gasteiger partial charge in [0, 0.05) is 17.0 Å². The number of aliphatic hydroxyl groups excluding tert-OH is 1. The van der Waals surface area contributed by atoms with E-state index in [0.29, 0.717) is 44.6 Å². The molecule has 0 saturated heterocycles. The Morgan fingerprint density at radius 3 is 2.33 bits per heavy atom. The maximum absolute atomic E-state index is 9.42. The number of hydrogen-bond acceptors (Lipinski definition) is 7. The second-order valence-electron chi connectivity index (χ2n) is 9.54. The van der Waals surface area contributed by atoms with Crippen LogP contribution in [-0.4, -0.2) is 20.4 Å². The Labute approximate surface area is 234 Å². The molecule has 1 aliphatic carbocycles. The first-order chi connectivity index (χ1) is 18.9. The van der Waals surface area contributed by atoms with Gasteiger partial charge in [0.1, 0.15) is 29.6 Å². The van der Waals surface area contributed by atoms with E-state index in [4.69, 9.17) is 37.2 Å². The number of aromatic nitrogens is 2. The molecule has 9 heteroatoms. The molecule has 5 aromatic rings.